The van der Waals surface area contributed by atoms with Crippen LogP contribution in [-0.4, -0.2) is 116 Å². The summed E-state index contributed by atoms with van der Waals surface area (Å²) in [6, 6.07) is 0. The Kier molecular flexibility index (Phi) is 9.72. The van der Waals surface area contributed by atoms with E-state index in [1.165, 1.54) is 11.1 Å². The Balaban J connectivity index is 1.56. The van der Waals surface area contributed by atoms with E-state index < -0.39 is 68.0 Å². The minimum absolute atomic E-state index is 0.329. The fourth-order valence-electron chi connectivity index (χ4n) is 5.16. The summed E-state index contributed by atoms with van der Waals surface area (Å²) in [6.07, 6.45) is -9.79. The van der Waals surface area contributed by atoms with Crippen LogP contribution in [-0.2, 0) is 18.9 Å². The van der Waals surface area contributed by atoms with Crippen LogP contribution in [0.3, 0.4) is 0 Å². The van der Waals surface area contributed by atoms with Crippen molar-refractivity contribution in [2.45, 2.75) is 121 Å². The molecule has 0 amide bonds. The van der Waals surface area contributed by atoms with Crippen LogP contribution in [0, 0.1) is 5.41 Å². The highest BCUT2D eigenvalue weighted by Gasteiger charge is 2.47. The first-order chi connectivity index (χ1) is 16.4. The zero-order valence-electron chi connectivity index (χ0n) is 20.9. The topological polar surface area (TPSA) is 179 Å². The van der Waals surface area contributed by atoms with Gasteiger partial charge in [0.15, 0.2) is 12.6 Å². The number of hydrogen-bond donors (Lipinski definition) is 7. The Morgan fingerprint density at radius 1 is 0.914 bits per heavy atom. The highest BCUT2D eigenvalue weighted by atomic mass is 16.7. The largest absolute Gasteiger partial charge is 0.394 e. The lowest BCUT2D eigenvalue weighted by Crippen LogP contribution is -2.60. The van der Waals surface area contributed by atoms with Crippen molar-refractivity contribution < 1.29 is 54.7 Å². The first kappa shape index (κ1) is 28.9. The van der Waals surface area contributed by atoms with Crippen LogP contribution in [0.15, 0.2) is 11.1 Å². The van der Waals surface area contributed by atoms with Gasteiger partial charge >= 0.3 is 0 Å². The molecule has 11 atom stereocenters. The summed E-state index contributed by atoms with van der Waals surface area (Å²) >= 11 is 0. The molecule has 1 aliphatic carbocycles. The third-order valence-corrected chi connectivity index (χ3v) is 7.68. The molecule has 11 heteroatoms. The van der Waals surface area contributed by atoms with Gasteiger partial charge in [-0.3, -0.25) is 0 Å². The maximum absolute atomic E-state index is 10.4. The van der Waals surface area contributed by atoms with E-state index in [4.69, 9.17) is 18.9 Å². The highest BCUT2D eigenvalue weighted by Crippen LogP contribution is 2.43. The SMILES string of the molecule is CC1=C(CCC(C)OC2OC(COC3OC(CO)C(O)C3O)C(O)C(O)C2O)C(C)(C)C(O)CC1. The molecule has 2 aliphatic heterocycles. The number of aliphatic hydroxyl groups excluding tert-OH is 7. The van der Waals surface area contributed by atoms with Gasteiger partial charge < -0.3 is 54.7 Å². The molecule has 0 aromatic rings. The predicted octanol–water partition coefficient (Wildman–Crippen LogP) is -1.07. The van der Waals surface area contributed by atoms with Gasteiger partial charge in [0.2, 0.25) is 0 Å². The monoisotopic (exact) mass is 506 g/mol. The molecule has 3 aliphatic rings. The van der Waals surface area contributed by atoms with Crippen LogP contribution in [0.25, 0.3) is 0 Å². The van der Waals surface area contributed by atoms with Crippen molar-refractivity contribution in [3.05, 3.63) is 11.1 Å². The summed E-state index contributed by atoms with van der Waals surface area (Å²) in [7, 11) is 0. The van der Waals surface area contributed by atoms with Gasteiger partial charge in [-0.1, -0.05) is 25.0 Å². The standard InChI is InChI=1S/C24H42O11/c1-11-5-8-16(26)24(3,4)13(11)7-6-12(2)33-23-21(31)19(29)18(28)15(35-23)10-32-22-20(30)17(27)14(9-25)34-22/h12,14-23,25-31H,5-10H2,1-4H3. The molecular formula is C24H42O11. The van der Waals surface area contributed by atoms with Crippen LogP contribution in [0.1, 0.15) is 53.4 Å². The number of allylic oxidation sites excluding steroid dienone is 1. The summed E-state index contributed by atoms with van der Waals surface area (Å²) in [4.78, 5) is 0. The Morgan fingerprint density at radius 3 is 2.14 bits per heavy atom. The molecule has 0 bridgehead atoms. The Labute approximate surface area is 205 Å². The maximum Gasteiger partial charge on any atom is 0.186 e. The summed E-state index contributed by atoms with van der Waals surface area (Å²) in [5, 5.41) is 70.5. The average molecular weight is 507 g/mol. The molecule has 11 unspecified atom stereocenters. The van der Waals surface area contributed by atoms with Crippen molar-refractivity contribution in [2.24, 2.45) is 5.41 Å². The van der Waals surface area contributed by atoms with E-state index in [0.29, 0.717) is 12.8 Å². The Hall–Kier alpha value is -0.700. The molecule has 7 N–H and O–H groups in total. The summed E-state index contributed by atoms with van der Waals surface area (Å²) in [5.74, 6) is 0. The van der Waals surface area contributed by atoms with Gasteiger partial charge in [-0.25, -0.2) is 0 Å². The average Bonchev–Trinajstić information content (AvgIpc) is 3.09. The zero-order chi connectivity index (χ0) is 26.1. The van der Waals surface area contributed by atoms with E-state index in [-0.39, 0.29) is 18.1 Å². The quantitative estimate of drug-likeness (QED) is 0.189. The van der Waals surface area contributed by atoms with Gasteiger partial charge in [-0.05, 0) is 39.5 Å². The molecule has 35 heavy (non-hydrogen) atoms. The second kappa shape index (κ2) is 11.8. The van der Waals surface area contributed by atoms with Crippen molar-refractivity contribution in [1.29, 1.82) is 0 Å². The number of rotatable bonds is 9. The first-order valence-electron chi connectivity index (χ1n) is 12.3. The Morgan fingerprint density at radius 2 is 1.51 bits per heavy atom. The summed E-state index contributed by atoms with van der Waals surface area (Å²) in [6.45, 7) is 7.13. The second-order valence-corrected chi connectivity index (χ2v) is 10.6. The molecule has 2 saturated heterocycles. The molecule has 0 aromatic heterocycles. The normalized spacial score (nSPS) is 42.9. The lowest BCUT2D eigenvalue weighted by atomic mass is 9.69. The molecule has 0 aromatic carbocycles. The van der Waals surface area contributed by atoms with E-state index in [1.54, 1.807) is 0 Å². The molecule has 11 nitrogen and oxygen atoms in total. The van der Waals surface area contributed by atoms with Crippen LogP contribution >= 0.6 is 0 Å². The third-order valence-electron chi connectivity index (χ3n) is 7.68. The zero-order valence-corrected chi connectivity index (χ0v) is 20.9. The smallest absolute Gasteiger partial charge is 0.186 e. The van der Waals surface area contributed by atoms with Crippen LogP contribution in [0.5, 0.6) is 0 Å². The van der Waals surface area contributed by atoms with E-state index in [9.17, 15) is 35.7 Å². The van der Waals surface area contributed by atoms with Crippen molar-refractivity contribution in [3.8, 4) is 0 Å². The van der Waals surface area contributed by atoms with Gasteiger partial charge in [0.25, 0.3) is 0 Å². The lowest BCUT2D eigenvalue weighted by Gasteiger charge is -2.42. The van der Waals surface area contributed by atoms with Crippen LogP contribution in [0.4, 0.5) is 0 Å². The van der Waals surface area contributed by atoms with Gasteiger partial charge in [0, 0.05) is 5.41 Å². The minimum atomic E-state index is -1.56. The third kappa shape index (κ3) is 6.24. The van der Waals surface area contributed by atoms with Crippen LogP contribution in [0.2, 0.25) is 0 Å². The highest BCUT2D eigenvalue weighted by molar-refractivity contribution is 5.24. The van der Waals surface area contributed by atoms with Crippen molar-refractivity contribution >= 4 is 0 Å². The van der Waals surface area contributed by atoms with Gasteiger partial charge in [0.1, 0.15) is 42.7 Å². The lowest BCUT2D eigenvalue weighted by molar-refractivity contribution is -0.318. The molecular weight excluding hydrogens is 464 g/mol. The molecule has 204 valence electrons. The molecule has 0 saturated carbocycles. The fraction of sp³-hybridized carbons (Fsp3) is 0.917. The summed E-state index contributed by atoms with van der Waals surface area (Å²) < 4.78 is 22.2. The van der Waals surface area contributed by atoms with E-state index >= 15 is 0 Å². The predicted molar refractivity (Wildman–Crippen MR) is 122 cm³/mol. The van der Waals surface area contributed by atoms with Crippen molar-refractivity contribution in [1.82, 2.24) is 0 Å². The molecule has 2 heterocycles. The van der Waals surface area contributed by atoms with Crippen molar-refractivity contribution in [2.75, 3.05) is 13.2 Å². The molecule has 0 radical (unpaired) electrons. The Bertz CT molecular complexity index is 728. The van der Waals surface area contributed by atoms with Crippen molar-refractivity contribution in [3.63, 3.8) is 0 Å². The second-order valence-electron chi connectivity index (χ2n) is 10.6. The van der Waals surface area contributed by atoms with Gasteiger partial charge in [-0.15, -0.1) is 0 Å². The first-order valence-corrected chi connectivity index (χ1v) is 12.3. The molecule has 2 fully saturated rings. The van der Waals surface area contributed by atoms with E-state index in [0.717, 1.165) is 12.8 Å². The minimum Gasteiger partial charge on any atom is -0.394 e. The molecule has 0 spiro atoms. The maximum atomic E-state index is 10.4. The summed E-state index contributed by atoms with van der Waals surface area (Å²) in [5.41, 5.74) is 2.13. The number of hydrogen-bond acceptors (Lipinski definition) is 11. The van der Waals surface area contributed by atoms with Gasteiger partial charge in [0.05, 0.1) is 25.4 Å². The van der Waals surface area contributed by atoms with E-state index in [1.807, 2.05) is 20.8 Å². The fourth-order valence-corrected chi connectivity index (χ4v) is 5.16. The van der Waals surface area contributed by atoms with Gasteiger partial charge in [-0.2, -0.15) is 0 Å². The molecule has 3 rings (SSSR count). The number of aliphatic hydroxyl groups is 7. The van der Waals surface area contributed by atoms with E-state index in [2.05, 4.69) is 6.92 Å². The van der Waals surface area contributed by atoms with Crippen LogP contribution < -0.4 is 0 Å². The number of ether oxygens (including phenoxy) is 4.